The molecule has 9 unspecified atom stereocenters. The minimum atomic E-state index is -1.78. The molecule has 0 aromatic rings. The summed E-state index contributed by atoms with van der Waals surface area (Å²) in [5, 5.41) is 136. The number of hydrogen-bond acceptors (Lipinski definition) is 19. The van der Waals surface area contributed by atoms with E-state index in [2.05, 4.69) is 0 Å². The molecule has 6 fully saturated rings. The van der Waals surface area contributed by atoms with E-state index in [0.717, 1.165) is 0 Å². The maximum absolute atomic E-state index is 11.0. The van der Waals surface area contributed by atoms with Crippen molar-refractivity contribution < 1.29 is 99.5 Å². The molecule has 2 aliphatic carbocycles. The Bertz CT molecular complexity index is 1170. The highest BCUT2D eigenvalue weighted by Gasteiger charge is 2.56. The number of fused-ring (bicyclic) bond motifs is 1. The van der Waals surface area contributed by atoms with Crippen LogP contribution in [0, 0.1) is 11.8 Å². The first kappa shape index (κ1) is 41.8. The summed E-state index contributed by atoms with van der Waals surface area (Å²) in [4.78, 5) is 0. The molecule has 20 heteroatoms. The van der Waals surface area contributed by atoms with Crippen LogP contribution < -0.4 is 0 Å². The average molecular weight is 774 g/mol. The summed E-state index contributed by atoms with van der Waals surface area (Å²) >= 11 is 0. The van der Waals surface area contributed by atoms with Crippen LogP contribution in [0.1, 0.15) is 45.4 Å². The van der Waals surface area contributed by atoms with E-state index >= 15 is 0 Å². The molecule has 2 saturated carbocycles. The summed E-state index contributed by atoms with van der Waals surface area (Å²) in [6.45, 7) is 0.291. The lowest BCUT2D eigenvalue weighted by molar-refractivity contribution is -0.364. The second-order valence-corrected chi connectivity index (χ2v) is 15.5. The highest BCUT2D eigenvalue weighted by atomic mass is 16.7. The topological polar surface area (TPSA) is 331 Å². The lowest BCUT2D eigenvalue weighted by Crippen LogP contribution is -2.64. The molecule has 14 N–H and O–H groups in total. The zero-order chi connectivity index (χ0) is 38.5. The Labute approximate surface area is 305 Å². The molecule has 4 saturated heterocycles. The lowest BCUT2D eigenvalue weighted by Gasteiger charge is -2.49. The van der Waals surface area contributed by atoms with E-state index in [9.17, 15) is 66.4 Å². The van der Waals surface area contributed by atoms with Crippen LogP contribution in [-0.4, -0.2) is 219 Å². The molecule has 0 aromatic carbocycles. The predicted octanol–water partition coefficient (Wildman–Crippen LogP) is -6.83. The summed E-state index contributed by atoms with van der Waals surface area (Å²) in [5.74, 6) is -0.835. The molecule has 24 atom stereocenters. The molecular weight excluding hydrogens is 716 g/mol. The van der Waals surface area contributed by atoms with Crippen molar-refractivity contribution >= 4 is 0 Å². The second-order valence-electron chi connectivity index (χ2n) is 15.5. The van der Waals surface area contributed by atoms with Crippen molar-refractivity contribution in [2.24, 2.45) is 11.8 Å². The van der Waals surface area contributed by atoms with Crippen LogP contribution >= 0.6 is 0 Å². The Hall–Kier alpha value is -0.800. The van der Waals surface area contributed by atoms with Gasteiger partial charge in [-0.15, -0.1) is 0 Å². The zero-order valence-corrected chi connectivity index (χ0v) is 29.2. The molecule has 6 aliphatic rings. The number of ether oxygens (including phenoxy) is 7. The van der Waals surface area contributed by atoms with Crippen molar-refractivity contribution in [3.63, 3.8) is 0 Å². The highest BCUT2D eigenvalue weighted by molar-refractivity contribution is 4.99. The third-order valence-corrected chi connectivity index (χ3v) is 11.9. The second kappa shape index (κ2) is 17.4. The van der Waals surface area contributed by atoms with Crippen LogP contribution in [0.25, 0.3) is 0 Å². The van der Waals surface area contributed by atoms with E-state index in [1.807, 2.05) is 0 Å². The van der Waals surface area contributed by atoms with E-state index in [4.69, 9.17) is 33.2 Å². The molecule has 53 heavy (non-hydrogen) atoms. The van der Waals surface area contributed by atoms with Gasteiger partial charge in [0.2, 0.25) is 0 Å². The molecular formula is C33H57O20+. The molecule has 308 valence electrons. The van der Waals surface area contributed by atoms with Crippen LogP contribution in [0.4, 0.5) is 0 Å². The van der Waals surface area contributed by atoms with Crippen LogP contribution in [-0.2, 0) is 28.4 Å². The number of aliphatic hydroxyl groups is 15. The van der Waals surface area contributed by atoms with Crippen molar-refractivity contribution in [1.29, 1.82) is 0 Å². The average Bonchev–Trinajstić information content (AvgIpc) is 3.13. The van der Waals surface area contributed by atoms with Crippen molar-refractivity contribution in [3.8, 4) is 0 Å². The predicted molar refractivity (Wildman–Crippen MR) is 171 cm³/mol. The Morgan fingerprint density at radius 2 is 1.15 bits per heavy atom. The summed E-state index contributed by atoms with van der Waals surface area (Å²) in [5.41, 5.74) is 0. The Morgan fingerprint density at radius 3 is 1.81 bits per heavy atom. The molecule has 0 aromatic heterocycles. The van der Waals surface area contributed by atoms with Gasteiger partial charge in [0.15, 0.2) is 31.1 Å². The van der Waals surface area contributed by atoms with Crippen LogP contribution in [0.3, 0.4) is 0 Å². The third kappa shape index (κ3) is 8.72. The standard InChI is InChI=1S/C33H56O20/c1-10-21(38)24(41)27(44)31(48-10)47-9-20-23(40)26(43)29(46)33(53-20)51-18-7-13-15(37)5-12(35)6-16(13)49-30(18)11-2-3-14(36)17(4-11)50-32-28(45)25(42)22(39)19(8-34)52-32/h10-46H,2-9H2,1H3/p+1/t10-,11?,12?,13?,14?,15?,16?,17?,18?,19+,20+,21-,22+,23+,24+,25-,26-,27+,28+,29+,30?,31+,32+,33+/m0/s1. The van der Waals surface area contributed by atoms with E-state index in [1.165, 1.54) is 6.92 Å². The van der Waals surface area contributed by atoms with Crippen LogP contribution in [0.2, 0.25) is 0 Å². The molecule has 0 spiro atoms. The normalized spacial score (nSPS) is 55.4. The Kier molecular flexibility index (Phi) is 13.7. The number of hydrogen-bond donors (Lipinski definition) is 13. The molecule has 6 rings (SSSR count). The SMILES string of the molecule is C[C@@H]1O[C@@H](OC[C@H]2O[C@@H](OC3CC4C(O)CC(O)CC4[OH+]C3C3CCC(O)C(O[C@@H]4O[C@H](CO)[C@@H](O)[C@H](O)[C@H]4O)C3)[C@H](O)[C@@H](O)[C@@H]2O)[C@H](O)[C@H](O)[C@H]1O. The van der Waals surface area contributed by atoms with Crippen molar-refractivity contribution in [2.75, 3.05) is 13.2 Å². The van der Waals surface area contributed by atoms with Gasteiger partial charge in [-0.2, -0.15) is 0 Å². The van der Waals surface area contributed by atoms with Crippen LogP contribution in [0.15, 0.2) is 0 Å². The molecule has 4 heterocycles. The molecule has 0 amide bonds. The van der Waals surface area contributed by atoms with Gasteiger partial charge in [-0.1, -0.05) is 0 Å². The third-order valence-electron chi connectivity index (χ3n) is 11.9. The highest BCUT2D eigenvalue weighted by Crippen LogP contribution is 2.43. The smallest absolute Gasteiger partial charge is 0.187 e. The molecule has 0 bridgehead atoms. The maximum Gasteiger partial charge on any atom is 0.187 e. The van der Waals surface area contributed by atoms with Gasteiger partial charge in [-0.3, -0.25) is 0 Å². The lowest BCUT2D eigenvalue weighted by atomic mass is 9.72. The van der Waals surface area contributed by atoms with Crippen molar-refractivity contribution in [3.05, 3.63) is 0 Å². The zero-order valence-electron chi connectivity index (χ0n) is 29.2. The summed E-state index contributed by atoms with van der Waals surface area (Å²) in [7, 11) is 0. The first-order chi connectivity index (χ1) is 25.1. The molecule has 0 radical (unpaired) electrons. The van der Waals surface area contributed by atoms with Gasteiger partial charge in [-0.05, 0) is 32.6 Å². The van der Waals surface area contributed by atoms with Gasteiger partial charge in [-0.25, -0.2) is 0 Å². The fourth-order valence-corrected chi connectivity index (χ4v) is 8.66. The first-order valence-electron chi connectivity index (χ1n) is 18.5. The number of aliphatic hydroxyl groups excluding tert-OH is 13. The number of rotatable bonds is 9. The minimum absolute atomic E-state index is 0.116. The van der Waals surface area contributed by atoms with E-state index in [-0.39, 0.29) is 38.0 Å². The molecule has 20 nitrogen and oxygen atoms in total. The Balaban J connectivity index is 1.17. The molecule has 4 aliphatic heterocycles. The quantitative estimate of drug-likeness (QED) is 0.0968. The van der Waals surface area contributed by atoms with E-state index < -0.39 is 154 Å². The summed E-state index contributed by atoms with van der Waals surface area (Å²) in [6, 6.07) is 0. The van der Waals surface area contributed by atoms with Gasteiger partial charge >= 0.3 is 0 Å². The monoisotopic (exact) mass is 773 g/mol. The van der Waals surface area contributed by atoms with Crippen LogP contribution in [0.5, 0.6) is 0 Å². The van der Waals surface area contributed by atoms with Gasteiger partial charge < -0.3 is 99.5 Å². The summed E-state index contributed by atoms with van der Waals surface area (Å²) in [6.07, 6.45) is -27.3. The van der Waals surface area contributed by atoms with E-state index in [0.29, 0.717) is 6.42 Å². The Morgan fingerprint density at radius 1 is 0.566 bits per heavy atom. The maximum atomic E-state index is 11.0. The van der Waals surface area contributed by atoms with Crippen molar-refractivity contribution in [1.82, 2.24) is 0 Å². The fourth-order valence-electron chi connectivity index (χ4n) is 8.66. The fraction of sp³-hybridized carbons (Fsp3) is 1.00. The van der Waals surface area contributed by atoms with Gasteiger partial charge in [0.05, 0.1) is 49.7 Å². The minimum Gasteiger partial charge on any atom is -0.427 e. The van der Waals surface area contributed by atoms with E-state index in [1.54, 1.807) is 0 Å². The van der Waals surface area contributed by atoms with Gasteiger partial charge in [0.1, 0.15) is 73.2 Å². The van der Waals surface area contributed by atoms with Gasteiger partial charge in [0, 0.05) is 18.8 Å². The summed E-state index contributed by atoms with van der Waals surface area (Å²) < 4.78 is 39.8. The van der Waals surface area contributed by atoms with Crippen molar-refractivity contribution in [2.45, 2.75) is 180 Å². The first-order valence-corrected chi connectivity index (χ1v) is 18.5. The van der Waals surface area contributed by atoms with Gasteiger partial charge in [0.25, 0.3) is 0 Å². The largest absolute Gasteiger partial charge is 0.427 e.